The van der Waals surface area contributed by atoms with E-state index in [1.165, 1.54) is 90.5 Å². The fourth-order valence-electron chi connectivity index (χ4n) is 11.5. The van der Waals surface area contributed by atoms with Gasteiger partial charge in [-0.3, -0.25) is 0 Å². The van der Waals surface area contributed by atoms with Crippen molar-refractivity contribution in [3.05, 3.63) is 229 Å². The van der Waals surface area contributed by atoms with E-state index in [0.29, 0.717) is 0 Å². The molecule has 4 heterocycles. The van der Waals surface area contributed by atoms with Crippen molar-refractivity contribution in [1.29, 1.82) is 0 Å². The average Bonchev–Trinajstić information content (AvgIpc) is 3.96. The molecule has 2 aliphatic rings. The van der Waals surface area contributed by atoms with Gasteiger partial charge in [-0.2, -0.15) is 0 Å². The largest absolute Gasteiger partial charge is 0.457 e. The minimum Gasteiger partial charge on any atom is -0.457 e. The van der Waals surface area contributed by atoms with Crippen LogP contribution >= 0.6 is 22.7 Å². The van der Waals surface area contributed by atoms with Crippen molar-refractivity contribution in [2.75, 3.05) is 14.7 Å². The number of hydrogen-bond acceptors (Lipinski definition) is 6. The van der Waals surface area contributed by atoms with Crippen LogP contribution in [-0.4, -0.2) is 6.71 Å². The molecule has 7 heteroatoms. The summed E-state index contributed by atoms with van der Waals surface area (Å²) >= 11 is 3.74. The van der Waals surface area contributed by atoms with Crippen molar-refractivity contribution in [3.63, 3.8) is 0 Å². The lowest BCUT2D eigenvalue weighted by Crippen LogP contribution is -2.59. The summed E-state index contributed by atoms with van der Waals surface area (Å²) in [6.07, 6.45) is 0. The van der Waals surface area contributed by atoms with Gasteiger partial charge in [0.2, 0.25) is 0 Å². The van der Waals surface area contributed by atoms with Crippen molar-refractivity contribution in [1.82, 2.24) is 0 Å². The van der Waals surface area contributed by atoms with E-state index in [9.17, 15) is 0 Å². The fourth-order valence-corrected chi connectivity index (χ4v) is 14.0. The molecule has 10 aromatic carbocycles. The summed E-state index contributed by atoms with van der Waals surface area (Å²) in [4.78, 5) is 7.28. The Morgan fingerprint density at radius 1 is 0.414 bits per heavy atom. The van der Waals surface area contributed by atoms with Gasteiger partial charge in [0.1, 0.15) is 11.5 Å². The van der Waals surface area contributed by atoms with Gasteiger partial charge in [-0.05, 0) is 133 Å². The van der Waals surface area contributed by atoms with Crippen LogP contribution in [0.3, 0.4) is 0 Å². The summed E-state index contributed by atoms with van der Waals surface area (Å²) in [7, 11) is 0. The second-order valence-corrected chi connectivity index (χ2v) is 20.7. The molecule has 0 fully saturated rings. The first kappa shape index (κ1) is 40.9. The Balaban J connectivity index is 0.978. The van der Waals surface area contributed by atoms with Crippen molar-refractivity contribution < 1.29 is 4.74 Å². The van der Waals surface area contributed by atoms with Crippen molar-refractivity contribution in [2.45, 2.75) is 20.8 Å². The van der Waals surface area contributed by atoms with Gasteiger partial charge in [0.05, 0.1) is 20.8 Å². The highest BCUT2D eigenvalue weighted by molar-refractivity contribution is 7.27. The van der Waals surface area contributed by atoms with Crippen molar-refractivity contribution in [3.8, 4) is 11.5 Å². The van der Waals surface area contributed by atoms with Crippen LogP contribution in [0.4, 0.5) is 51.2 Å². The number of para-hydroxylation sites is 4. The zero-order chi connectivity index (χ0) is 46.6. The molecule has 0 aliphatic carbocycles. The Morgan fingerprint density at radius 2 is 0.886 bits per heavy atom. The zero-order valence-electron chi connectivity index (χ0n) is 38.9. The fraction of sp³-hybridized carbons (Fsp3) is 0.0476. The van der Waals surface area contributed by atoms with Crippen LogP contribution in [0, 0.1) is 20.8 Å². The van der Waals surface area contributed by atoms with E-state index in [4.69, 9.17) is 4.74 Å². The van der Waals surface area contributed by atoms with Gasteiger partial charge in [-0.1, -0.05) is 133 Å². The second-order valence-electron chi connectivity index (χ2n) is 18.6. The maximum Gasteiger partial charge on any atom is 0.256 e. The van der Waals surface area contributed by atoms with E-state index >= 15 is 0 Å². The molecule has 4 nitrogen and oxygen atoms in total. The van der Waals surface area contributed by atoms with Crippen LogP contribution in [0.2, 0.25) is 0 Å². The van der Waals surface area contributed by atoms with E-state index in [-0.39, 0.29) is 6.71 Å². The van der Waals surface area contributed by atoms with E-state index in [0.717, 1.165) is 45.6 Å². The molecule has 0 saturated carbocycles. The first-order chi connectivity index (χ1) is 34.5. The smallest absolute Gasteiger partial charge is 0.256 e. The molecule has 12 aromatic rings. The minimum atomic E-state index is -0.0408. The molecule has 2 aliphatic heterocycles. The number of aryl methyl sites for hydroxylation is 3. The SMILES string of the molecule is Cc1cc(C)c(N2c3cccc4c3B(c3ccc5c(sc6cc(N(c7ccccc7)c7ccccc7)ccc65)c3O4)c3ccc4c(sc5cc(N(c6ccccc6)c6ccccc6)ccc54)c32)c(C)c1. The standard InChI is InChI=1S/C63H44BN3OS2/c1-39-35-40(2)59(41(3)36-39)67-54-25-16-26-55-58(54)64(52-33-31-50-48-29-27-46(37-56(48)69-62(50)60(52)67)65(42-17-8-4-9-18-42)43-19-10-5-11-20-43)53-34-32-51-49-30-28-47(38-57(49)70-63(51)61(53)68-55)66(44-21-12-6-13-22-44)45-23-14-7-15-24-45/h4-38H,1-3H3. The lowest BCUT2D eigenvalue weighted by atomic mass is 9.34. The van der Waals surface area contributed by atoms with Crippen molar-refractivity contribution >= 4 is 137 Å². The molecule has 0 radical (unpaired) electrons. The number of thiophene rings is 2. The molecule has 0 amide bonds. The van der Waals surface area contributed by atoms with Gasteiger partial charge in [0, 0.05) is 70.8 Å². The van der Waals surface area contributed by atoms with E-state index in [1.807, 2.05) is 22.7 Å². The molecule has 0 saturated heterocycles. The number of benzene rings is 10. The predicted molar refractivity (Wildman–Crippen MR) is 302 cm³/mol. The second kappa shape index (κ2) is 16.0. The normalized spacial score (nSPS) is 12.6. The predicted octanol–water partition coefficient (Wildman–Crippen LogP) is 16.7. The third-order valence-electron chi connectivity index (χ3n) is 14.3. The Kier molecular flexibility index (Phi) is 9.35. The summed E-state index contributed by atoms with van der Waals surface area (Å²) < 4.78 is 12.2. The molecular weight excluding hydrogens is 890 g/mol. The summed E-state index contributed by atoms with van der Waals surface area (Å²) in [5.41, 5.74) is 17.9. The third kappa shape index (κ3) is 6.28. The van der Waals surface area contributed by atoms with E-state index < -0.39 is 0 Å². The highest BCUT2D eigenvalue weighted by atomic mass is 32.1. The monoisotopic (exact) mass is 933 g/mol. The maximum atomic E-state index is 7.28. The molecule has 0 spiro atoms. The first-order valence-corrected chi connectivity index (χ1v) is 25.6. The Labute approximate surface area is 415 Å². The summed E-state index contributed by atoms with van der Waals surface area (Å²) in [5, 5.41) is 4.99. The number of hydrogen-bond donors (Lipinski definition) is 0. The van der Waals surface area contributed by atoms with Gasteiger partial charge >= 0.3 is 0 Å². The Bertz CT molecular complexity index is 3940. The van der Waals surface area contributed by atoms with Crippen LogP contribution in [0.25, 0.3) is 40.3 Å². The van der Waals surface area contributed by atoms with Crippen LogP contribution < -0.4 is 35.8 Å². The molecule has 0 atom stereocenters. The number of fused-ring (bicyclic) bond motifs is 12. The molecule has 332 valence electrons. The Hall–Kier alpha value is -8.10. The van der Waals surface area contributed by atoms with Gasteiger partial charge in [-0.15, -0.1) is 22.7 Å². The number of ether oxygens (including phenoxy) is 1. The quantitative estimate of drug-likeness (QED) is 0.148. The van der Waals surface area contributed by atoms with E-state index in [2.05, 4.69) is 248 Å². The molecule has 0 N–H and O–H groups in total. The number of rotatable bonds is 7. The van der Waals surface area contributed by atoms with Gasteiger partial charge in [0.25, 0.3) is 6.71 Å². The number of nitrogens with zero attached hydrogens (tertiary/aromatic N) is 3. The summed E-state index contributed by atoms with van der Waals surface area (Å²) in [5.74, 6) is 1.88. The highest BCUT2D eigenvalue weighted by Gasteiger charge is 2.44. The lowest BCUT2D eigenvalue weighted by molar-refractivity contribution is 0.494. The third-order valence-corrected chi connectivity index (χ3v) is 16.6. The van der Waals surface area contributed by atoms with Crippen LogP contribution in [0.1, 0.15) is 16.7 Å². The van der Waals surface area contributed by atoms with Crippen LogP contribution in [-0.2, 0) is 0 Å². The molecule has 0 unspecified atom stereocenters. The van der Waals surface area contributed by atoms with Crippen molar-refractivity contribution in [2.24, 2.45) is 0 Å². The van der Waals surface area contributed by atoms with Gasteiger partial charge in [0.15, 0.2) is 0 Å². The lowest BCUT2D eigenvalue weighted by Gasteiger charge is -2.41. The Morgan fingerprint density at radius 3 is 1.41 bits per heavy atom. The molecule has 0 bridgehead atoms. The molecule has 2 aromatic heterocycles. The van der Waals surface area contributed by atoms with Gasteiger partial charge < -0.3 is 19.4 Å². The topological polar surface area (TPSA) is 19.0 Å². The minimum absolute atomic E-state index is 0.0408. The maximum absolute atomic E-state index is 7.28. The first-order valence-electron chi connectivity index (χ1n) is 23.9. The van der Waals surface area contributed by atoms with E-state index in [1.54, 1.807) is 0 Å². The molecule has 14 rings (SSSR count). The van der Waals surface area contributed by atoms with Crippen LogP contribution in [0.15, 0.2) is 212 Å². The zero-order valence-corrected chi connectivity index (χ0v) is 40.5. The molecular formula is C63H44BN3OS2. The summed E-state index contributed by atoms with van der Waals surface area (Å²) in [6, 6.07) is 77.5. The highest BCUT2D eigenvalue weighted by Crippen LogP contribution is 2.51. The average molecular weight is 934 g/mol. The van der Waals surface area contributed by atoms with Crippen LogP contribution in [0.5, 0.6) is 11.5 Å². The molecule has 70 heavy (non-hydrogen) atoms. The van der Waals surface area contributed by atoms with Gasteiger partial charge in [-0.25, -0.2) is 0 Å². The number of anilines is 9. The summed E-state index contributed by atoms with van der Waals surface area (Å²) in [6.45, 7) is 6.70.